The van der Waals surface area contributed by atoms with Crippen molar-refractivity contribution in [2.75, 3.05) is 19.6 Å². The van der Waals surface area contributed by atoms with Gasteiger partial charge in [0.2, 0.25) is 5.82 Å². The summed E-state index contributed by atoms with van der Waals surface area (Å²) >= 11 is 0. The first-order valence-electron chi connectivity index (χ1n) is 9.27. The molecule has 2 amide bonds. The van der Waals surface area contributed by atoms with E-state index in [1.165, 1.54) is 0 Å². The van der Waals surface area contributed by atoms with Crippen LogP contribution >= 0.6 is 0 Å². The maximum absolute atomic E-state index is 13.0. The van der Waals surface area contributed by atoms with Crippen LogP contribution in [0.5, 0.6) is 0 Å². The third-order valence-corrected chi connectivity index (χ3v) is 4.66. The lowest BCUT2D eigenvalue weighted by Crippen LogP contribution is -2.33. The Morgan fingerprint density at radius 3 is 2.64 bits per heavy atom. The highest BCUT2D eigenvalue weighted by atomic mass is 16.2. The molecule has 0 atom stereocenters. The molecule has 2 aromatic rings. The van der Waals surface area contributed by atoms with E-state index in [2.05, 4.69) is 17.2 Å². The fourth-order valence-electron chi connectivity index (χ4n) is 3.23. The lowest BCUT2D eigenvalue weighted by Gasteiger charge is -2.19. The van der Waals surface area contributed by atoms with Gasteiger partial charge in [-0.2, -0.15) is 0 Å². The predicted molar refractivity (Wildman–Crippen MR) is 96.8 cm³/mol. The molecule has 0 saturated carbocycles. The van der Waals surface area contributed by atoms with Gasteiger partial charge < -0.3 is 10.2 Å². The number of fused-ring (bicyclic) bond motifs is 1. The number of hydrogen-bond donors (Lipinski definition) is 1. The molecule has 1 N–H and O–H groups in total. The number of carbonyl (C=O) groups is 2. The second-order valence-electron chi connectivity index (χ2n) is 6.56. The number of hydrogen-bond acceptors (Lipinski definition) is 3. The predicted octanol–water partition coefficient (Wildman–Crippen LogP) is 2.88. The first kappa shape index (κ1) is 17.5. The SMILES string of the molecule is CCCCNC(=O)c1nc(C(=O)N2CCCCCC2)n2ccccc12. The number of pyridine rings is 1. The van der Waals surface area contributed by atoms with Gasteiger partial charge in [0.25, 0.3) is 11.8 Å². The van der Waals surface area contributed by atoms with E-state index in [9.17, 15) is 9.59 Å². The van der Waals surface area contributed by atoms with Gasteiger partial charge >= 0.3 is 0 Å². The highest BCUT2D eigenvalue weighted by Gasteiger charge is 2.25. The maximum Gasteiger partial charge on any atom is 0.290 e. The van der Waals surface area contributed by atoms with Gasteiger partial charge in [-0.25, -0.2) is 4.98 Å². The molecule has 0 spiro atoms. The summed E-state index contributed by atoms with van der Waals surface area (Å²) in [6, 6.07) is 5.55. The Morgan fingerprint density at radius 1 is 1.16 bits per heavy atom. The molecule has 6 nitrogen and oxygen atoms in total. The molecule has 3 heterocycles. The molecule has 1 saturated heterocycles. The number of amides is 2. The van der Waals surface area contributed by atoms with Crippen molar-refractivity contribution in [3.63, 3.8) is 0 Å². The van der Waals surface area contributed by atoms with Crippen molar-refractivity contribution in [3.05, 3.63) is 35.9 Å². The van der Waals surface area contributed by atoms with E-state index >= 15 is 0 Å². The average molecular weight is 342 g/mol. The average Bonchev–Trinajstić information content (AvgIpc) is 2.81. The van der Waals surface area contributed by atoms with Crippen LogP contribution in [0, 0.1) is 0 Å². The topological polar surface area (TPSA) is 66.7 Å². The van der Waals surface area contributed by atoms with Crippen LogP contribution in [-0.2, 0) is 0 Å². The molecule has 1 aliphatic rings. The Balaban J connectivity index is 1.90. The summed E-state index contributed by atoms with van der Waals surface area (Å²) in [4.78, 5) is 31.8. The van der Waals surface area contributed by atoms with Crippen molar-refractivity contribution >= 4 is 17.3 Å². The first-order chi connectivity index (χ1) is 12.2. The maximum atomic E-state index is 13.0. The molecule has 134 valence electrons. The normalized spacial score (nSPS) is 15.2. The van der Waals surface area contributed by atoms with Crippen LogP contribution in [0.4, 0.5) is 0 Å². The van der Waals surface area contributed by atoms with Gasteiger partial charge in [0.1, 0.15) is 0 Å². The van der Waals surface area contributed by atoms with E-state index in [4.69, 9.17) is 0 Å². The van der Waals surface area contributed by atoms with E-state index in [0.29, 0.717) is 23.6 Å². The minimum absolute atomic E-state index is 0.0873. The van der Waals surface area contributed by atoms with E-state index < -0.39 is 0 Å². The fourth-order valence-corrected chi connectivity index (χ4v) is 3.23. The fraction of sp³-hybridized carbons (Fsp3) is 0.526. The molecule has 2 aromatic heterocycles. The Kier molecular flexibility index (Phi) is 5.68. The highest BCUT2D eigenvalue weighted by Crippen LogP contribution is 2.17. The smallest absolute Gasteiger partial charge is 0.290 e. The summed E-state index contributed by atoms with van der Waals surface area (Å²) in [5, 5.41) is 2.89. The first-order valence-corrected chi connectivity index (χ1v) is 9.27. The summed E-state index contributed by atoms with van der Waals surface area (Å²) < 4.78 is 1.74. The minimum Gasteiger partial charge on any atom is -0.351 e. The molecular formula is C19H26N4O2. The van der Waals surface area contributed by atoms with Gasteiger partial charge in [-0.1, -0.05) is 32.3 Å². The van der Waals surface area contributed by atoms with E-state index in [-0.39, 0.29) is 11.8 Å². The molecular weight excluding hydrogens is 316 g/mol. The summed E-state index contributed by atoms with van der Waals surface area (Å²) in [7, 11) is 0. The van der Waals surface area contributed by atoms with E-state index in [1.807, 2.05) is 23.1 Å². The monoisotopic (exact) mass is 342 g/mol. The van der Waals surface area contributed by atoms with Gasteiger partial charge in [0.15, 0.2) is 5.69 Å². The molecule has 1 fully saturated rings. The van der Waals surface area contributed by atoms with Gasteiger partial charge in [0, 0.05) is 25.8 Å². The lowest BCUT2D eigenvalue weighted by atomic mass is 10.2. The van der Waals surface area contributed by atoms with Gasteiger partial charge in [-0.3, -0.25) is 14.0 Å². The Morgan fingerprint density at radius 2 is 1.92 bits per heavy atom. The zero-order chi connectivity index (χ0) is 17.6. The van der Waals surface area contributed by atoms with E-state index in [1.54, 1.807) is 10.6 Å². The molecule has 0 aromatic carbocycles. The van der Waals surface area contributed by atoms with Crippen molar-refractivity contribution in [3.8, 4) is 0 Å². The number of rotatable bonds is 5. The quantitative estimate of drug-likeness (QED) is 0.850. The van der Waals surface area contributed by atoms with Gasteiger partial charge in [0.05, 0.1) is 5.52 Å². The number of nitrogens with one attached hydrogen (secondary N) is 1. The van der Waals surface area contributed by atoms with Gasteiger partial charge in [-0.15, -0.1) is 0 Å². The summed E-state index contributed by atoms with van der Waals surface area (Å²) in [6.45, 7) is 4.23. The second kappa shape index (κ2) is 8.14. The van der Waals surface area contributed by atoms with Crippen LogP contribution in [0.2, 0.25) is 0 Å². The van der Waals surface area contributed by atoms with Crippen molar-refractivity contribution in [2.24, 2.45) is 0 Å². The van der Waals surface area contributed by atoms with Crippen LogP contribution in [0.3, 0.4) is 0 Å². The minimum atomic E-state index is -0.216. The summed E-state index contributed by atoms with van der Waals surface area (Å²) in [5.74, 6) is 0.0286. The van der Waals surface area contributed by atoms with Crippen molar-refractivity contribution < 1.29 is 9.59 Å². The molecule has 6 heteroatoms. The third kappa shape index (κ3) is 3.83. The molecule has 1 aliphatic heterocycles. The highest BCUT2D eigenvalue weighted by molar-refractivity contribution is 6.02. The molecule has 3 rings (SSSR count). The van der Waals surface area contributed by atoms with Crippen molar-refractivity contribution in [1.82, 2.24) is 19.6 Å². The molecule has 0 aliphatic carbocycles. The number of likely N-dealkylation sites (tertiary alicyclic amines) is 1. The van der Waals surface area contributed by atoms with Crippen LogP contribution in [0.1, 0.15) is 66.6 Å². The number of aromatic nitrogens is 2. The summed E-state index contributed by atoms with van der Waals surface area (Å²) in [6.07, 6.45) is 8.13. The van der Waals surface area contributed by atoms with Crippen LogP contribution in [0.25, 0.3) is 5.52 Å². The number of imidazole rings is 1. The lowest BCUT2D eigenvalue weighted by molar-refractivity contribution is 0.0748. The number of nitrogens with zero attached hydrogens (tertiary/aromatic N) is 3. The zero-order valence-electron chi connectivity index (χ0n) is 14.8. The van der Waals surface area contributed by atoms with Crippen molar-refractivity contribution in [1.29, 1.82) is 0 Å². The van der Waals surface area contributed by atoms with E-state index in [0.717, 1.165) is 51.6 Å². The van der Waals surface area contributed by atoms with Gasteiger partial charge in [-0.05, 0) is 31.4 Å². The number of unbranched alkanes of at least 4 members (excludes halogenated alkanes) is 1. The Hall–Kier alpha value is -2.37. The zero-order valence-corrected chi connectivity index (χ0v) is 14.8. The summed E-state index contributed by atoms with van der Waals surface area (Å²) in [5.41, 5.74) is 1.00. The molecule has 0 bridgehead atoms. The Labute approximate surface area is 148 Å². The standard InChI is InChI=1S/C19H26N4O2/c1-2-3-11-20-18(24)16-15-10-6-9-14-23(15)17(21-16)19(25)22-12-7-4-5-8-13-22/h6,9-10,14H,2-5,7-8,11-13H2,1H3,(H,20,24). The van der Waals surface area contributed by atoms with Crippen LogP contribution in [0.15, 0.2) is 24.4 Å². The molecule has 0 radical (unpaired) electrons. The largest absolute Gasteiger partial charge is 0.351 e. The second-order valence-corrected chi connectivity index (χ2v) is 6.56. The molecule has 25 heavy (non-hydrogen) atoms. The third-order valence-electron chi connectivity index (χ3n) is 4.66. The molecule has 0 unspecified atom stereocenters. The Bertz CT molecular complexity index is 745. The number of carbonyl (C=O) groups excluding carboxylic acids is 2. The van der Waals surface area contributed by atoms with Crippen LogP contribution in [-0.4, -0.2) is 45.7 Å². The van der Waals surface area contributed by atoms with Crippen molar-refractivity contribution in [2.45, 2.75) is 45.4 Å². The van der Waals surface area contributed by atoms with Crippen LogP contribution < -0.4 is 5.32 Å².